The van der Waals surface area contributed by atoms with Crippen LogP contribution in [0.15, 0.2) is 0 Å². The van der Waals surface area contributed by atoms with Crippen LogP contribution in [0.25, 0.3) is 0 Å². The molecule has 1 saturated carbocycles. The Kier molecular flexibility index (Phi) is 4.58. The van der Waals surface area contributed by atoms with Crippen molar-refractivity contribution in [2.45, 2.75) is 31.2 Å². The molecule has 2 fully saturated rings. The molecule has 2 aliphatic rings. The molecule has 0 aromatic rings. The van der Waals surface area contributed by atoms with Crippen LogP contribution < -0.4 is 11.1 Å². The third-order valence-corrected chi connectivity index (χ3v) is 3.44. The van der Waals surface area contributed by atoms with Crippen LogP contribution >= 0.6 is 0 Å². The van der Waals surface area contributed by atoms with E-state index in [1.807, 2.05) is 0 Å². The Morgan fingerprint density at radius 3 is 2.75 bits per heavy atom. The van der Waals surface area contributed by atoms with E-state index in [1.165, 1.54) is 12.8 Å². The fourth-order valence-corrected chi connectivity index (χ4v) is 1.97. The van der Waals surface area contributed by atoms with Gasteiger partial charge in [-0.3, -0.25) is 0 Å². The molecule has 4 heteroatoms. The highest BCUT2D eigenvalue weighted by Gasteiger charge is 2.27. The minimum absolute atomic E-state index is 0.0608. The minimum atomic E-state index is -0.0608. The van der Waals surface area contributed by atoms with E-state index in [-0.39, 0.29) is 5.54 Å². The number of nitrogens with one attached hydrogen (secondary N) is 1. The van der Waals surface area contributed by atoms with E-state index in [2.05, 4.69) is 5.32 Å². The predicted molar refractivity (Wildman–Crippen MR) is 63.4 cm³/mol. The number of nitrogens with two attached hydrogens (primary N) is 1. The molecule has 1 aliphatic heterocycles. The predicted octanol–water partition coefficient (Wildman–Crippen LogP) is 0.510. The van der Waals surface area contributed by atoms with E-state index in [4.69, 9.17) is 15.2 Å². The van der Waals surface area contributed by atoms with E-state index >= 15 is 0 Å². The molecule has 1 aliphatic carbocycles. The lowest BCUT2D eigenvalue weighted by Crippen LogP contribution is -2.52. The van der Waals surface area contributed by atoms with Gasteiger partial charge in [0.15, 0.2) is 0 Å². The zero-order valence-corrected chi connectivity index (χ0v) is 10.0. The van der Waals surface area contributed by atoms with Gasteiger partial charge in [-0.15, -0.1) is 0 Å². The largest absolute Gasteiger partial charge is 0.381 e. The number of ether oxygens (including phenoxy) is 2. The summed E-state index contributed by atoms with van der Waals surface area (Å²) >= 11 is 0. The summed E-state index contributed by atoms with van der Waals surface area (Å²) in [6, 6.07) is 0. The Morgan fingerprint density at radius 1 is 1.31 bits per heavy atom. The van der Waals surface area contributed by atoms with Gasteiger partial charge >= 0.3 is 0 Å². The highest BCUT2D eigenvalue weighted by Crippen LogP contribution is 2.28. The topological polar surface area (TPSA) is 56.5 Å². The molecule has 0 aromatic carbocycles. The first-order valence-corrected chi connectivity index (χ1v) is 6.44. The summed E-state index contributed by atoms with van der Waals surface area (Å²) in [5, 5.41) is 3.38. The first kappa shape index (κ1) is 12.3. The third-order valence-electron chi connectivity index (χ3n) is 3.44. The highest BCUT2D eigenvalue weighted by atomic mass is 16.5. The molecule has 0 atom stereocenters. The van der Waals surface area contributed by atoms with Gasteiger partial charge in [0.1, 0.15) is 0 Å². The molecule has 0 amide bonds. The summed E-state index contributed by atoms with van der Waals surface area (Å²) in [5.74, 6) is 0.858. The van der Waals surface area contributed by atoms with Crippen LogP contribution in [0.3, 0.4) is 0 Å². The molecule has 4 nitrogen and oxygen atoms in total. The zero-order valence-electron chi connectivity index (χ0n) is 10.0. The zero-order chi connectivity index (χ0) is 11.3. The number of hydrogen-bond acceptors (Lipinski definition) is 4. The smallest absolute Gasteiger partial charge is 0.0591 e. The quantitative estimate of drug-likeness (QED) is 0.623. The number of hydrogen-bond donors (Lipinski definition) is 2. The number of rotatable bonds is 7. The summed E-state index contributed by atoms with van der Waals surface area (Å²) in [5.41, 5.74) is 6.19. The maximum Gasteiger partial charge on any atom is 0.0591 e. The Hall–Kier alpha value is -0.160. The second-order valence-corrected chi connectivity index (χ2v) is 5.17. The molecular weight excluding hydrogens is 204 g/mol. The maximum absolute atomic E-state index is 6.25. The molecule has 3 N–H and O–H groups in total. The van der Waals surface area contributed by atoms with Crippen LogP contribution in [-0.2, 0) is 9.47 Å². The summed E-state index contributed by atoms with van der Waals surface area (Å²) in [7, 11) is 0. The fraction of sp³-hybridized carbons (Fsp3) is 1.00. The van der Waals surface area contributed by atoms with Crippen molar-refractivity contribution in [3.8, 4) is 0 Å². The molecule has 1 saturated heterocycles. The monoisotopic (exact) mass is 228 g/mol. The average Bonchev–Trinajstić information content (AvgIpc) is 3.08. The minimum Gasteiger partial charge on any atom is -0.381 e. The third kappa shape index (κ3) is 4.37. The van der Waals surface area contributed by atoms with E-state index in [9.17, 15) is 0 Å². The Bertz CT molecular complexity index is 201. The lowest BCUT2D eigenvalue weighted by atomic mass is 9.91. The first-order chi connectivity index (χ1) is 7.79. The van der Waals surface area contributed by atoms with Gasteiger partial charge in [0, 0.05) is 38.4 Å². The second-order valence-electron chi connectivity index (χ2n) is 5.17. The van der Waals surface area contributed by atoms with Crippen molar-refractivity contribution in [2.75, 3.05) is 39.5 Å². The van der Waals surface area contributed by atoms with Crippen LogP contribution in [0.2, 0.25) is 0 Å². The maximum atomic E-state index is 6.25. The van der Waals surface area contributed by atoms with Crippen LogP contribution in [0, 0.1) is 5.92 Å². The van der Waals surface area contributed by atoms with Gasteiger partial charge in [-0.2, -0.15) is 0 Å². The van der Waals surface area contributed by atoms with Crippen molar-refractivity contribution in [1.29, 1.82) is 0 Å². The molecule has 0 spiro atoms. The molecule has 0 bridgehead atoms. The van der Waals surface area contributed by atoms with Crippen molar-refractivity contribution in [2.24, 2.45) is 11.7 Å². The first-order valence-electron chi connectivity index (χ1n) is 6.44. The Balaban J connectivity index is 1.46. The van der Waals surface area contributed by atoms with Crippen molar-refractivity contribution in [3.05, 3.63) is 0 Å². The van der Waals surface area contributed by atoms with Gasteiger partial charge in [0.2, 0.25) is 0 Å². The summed E-state index contributed by atoms with van der Waals surface area (Å²) in [4.78, 5) is 0. The van der Waals surface area contributed by atoms with Gasteiger partial charge in [-0.25, -0.2) is 0 Å². The van der Waals surface area contributed by atoms with E-state index < -0.39 is 0 Å². The SMILES string of the molecule is NC1(CNCCOCC2CC2)CCOCC1. The molecule has 0 unspecified atom stereocenters. The van der Waals surface area contributed by atoms with Gasteiger partial charge in [-0.05, 0) is 31.6 Å². The average molecular weight is 228 g/mol. The van der Waals surface area contributed by atoms with Crippen molar-refractivity contribution in [1.82, 2.24) is 5.32 Å². The normalized spacial score (nSPS) is 24.6. The molecule has 16 heavy (non-hydrogen) atoms. The summed E-state index contributed by atoms with van der Waals surface area (Å²) < 4.78 is 10.9. The molecular formula is C12H24N2O2. The lowest BCUT2D eigenvalue weighted by molar-refractivity contribution is 0.0519. The molecule has 2 rings (SSSR count). The van der Waals surface area contributed by atoms with Crippen molar-refractivity contribution >= 4 is 0 Å². The molecule has 0 aromatic heterocycles. The Morgan fingerprint density at radius 2 is 2.06 bits per heavy atom. The van der Waals surface area contributed by atoms with Gasteiger partial charge in [0.25, 0.3) is 0 Å². The lowest BCUT2D eigenvalue weighted by Gasteiger charge is -2.33. The van der Waals surface area contributed by atoms with Gasteiger partial charge in [0.05, 0.1) is 6.61 Å². The Labute approximate surface area is 97.9 Å². The van der Waals surface area contributed by atoms with Crippen LogP contribution in [0.4, 0.5) is 0 Å². The van der Waals surface area contributed by atoms with Gasteiger partial charge < -0.3 is 20.5 Å². The second kappa shape index (κ2) is 5.96. The van der Waals surface area contributed by atoms with Crippen molar-refractivity contribution < 1.29 is 9.47 Å². The highest BCUT2D eigenvalue weighted by molar-refractivity contribution is 4.88. The van der Waals surface area contributed by atoms with Crippen LogP contribution in [-0.4, -0.2) is 45.1 Å². The standard InChI is InChI=1S/C12H24N2O2/c13-12(3-6-15-7-4-12)10-14-5-8-16-9-11-1-2-11/h11,14H,1-10,13H2. The fourth-order valence-electron chi connectivity index (χ4n) is 1.97. The van der Waals surface area contributed by atoms with E-state index in [0.717, 1.165) is 58.3 Å². The molecule has 94 valence electrons. The van der Waals surface area contributed by atoms with E-state index in [0.29, 0.717) is 0 Å². The molecule has 0 radical (unpaired) electrons. The molecule has 1 heterocycles. The van der Waals surface area contributed by atoms with Crippen molar-refractivity contribution in [3.63, 3.8) is 0 Å². The van der Waals surface area contributed by atoms with E-state index in [1.54, 1.807) is 0 Å². The van der Waals surface area contributed by atoms with Crippen LogP contribution in [0.1, 0.15) is 25.7 Å². The van der Waals surface area contributed by atoms with Crippen LogP contribution in [0.5, 0.6) is 0 Å². The summed E-state index contributed by atoms with van der Waals surface area (Å²) in [6.07, 6.45) is 4.64. The summed E-state index contributed by atoms with van der Waals surface area (Å²) in [6.45, 7) is 5.15. The van der Waals surface area contributed by atoms with Gasteiger partial charge in [-0.1, -0.05) is 0 Å².